The van der Waals surface area contributed by atoms with Crippen molar-refractivity contribution in [1.82, 2.24) is 4.98 Å². The Kier molecular flexibility index (Phi) is 4.61. The van der Waals surface area contributed by atoms with Gasteiger partial charge in [-0.3, -0.25) is 4.98 Å². The number of benzene rings is 1. The number of rotatable bonds is 4. The maximum Gasteiger partial charge on any atom is 0.0499 e. The lowest BCUT2D eigenvalue weighted by Gasteiger charge is -2.10. The molecule has 0 spiro atoms. The van der Waals surface area contributed by atoms with Gasteiger partial charge in [0, 0.05) is 40.0 Å². The summed E-state index contributed by atoms with van der Waals surface area (Å²) < 4.78 is 1.03. The summed E-state index contributed by atoms with van der Waals surface area (Å²) in [6.45, 7) is 2.82. The van der Waals surface area contributed by atoms with Crippen LogP contribution >= 0.6 is 27.5 Å². The normalized spacial score (nSPS) is 10.4. The van der Waals surface area contributed by atoms with Gasteiger partial charge in [0.15, 0.2) is 0 Å². The zero-order chi connectivity index (χ0) is 13.0. The van der Waals surface area contributed by atoms with E-state index in [0.29, 0.717) is 0 Å². The Morgan fingerprint density at radius 1 is 1.33 bits per heavy atom. The molecule has 0 bridgehead atoms. The molecule has 0 radical (unpaired) electrons. The molecule has 0 aliphatic rings. The quantitative estimate of drug-likeness (QED) is 0.897. The minimum Gasteiger partial charge on any atom is -0.384 e. The van der Waals surface area contributed by atoms with E-state index in [4.69, 9.17) is 11.6 Å². The van der Waals surface area contributed by atoms with E-state index in [0.717, 1.165) is 39.4 Å². The molecule has 0 aliphatic heterocycles. The first-order chi connectivity index (χ1) is 8.66. The molecule has 2 nitrogen and oxygen atoms in total. The standard InChI is InChI=1S/C14H14BrClN2/c1-10-8-12(15)14(9-13(10)16)18-7-5-11-4-2-3-6-17-11/h2-4,6,8-9,18H,5,7H2,1H3. The topological polar surface area (TPSA) is 24.9 Å². The smallest absolute Gasteiger partial charge is 0.0499 e. The lowest BCUT2D eigenvalue weighted by molar-refractivity contribution is 0.960. The largest absolute Gasteiger partial charge is 0.384 e. The van der Waals surface area contributed by atoms with Gasteiger partial charge >= 0.3 is 0 Å². The molecule has 0 saturated heterocycles. The summed E-state index contributed by atoms with van der Waals surface area (Å²) in [7, 11) is 0. The van der Waals surface area contributed by atoms with Crippen molar-refractivity contribution in [2.75, 3.05) is 11.9 Å². The average Bonchev–Trinajstić information content (AvgIpc) is 2.37. The number of nitrogens with one attached hydrogen (secondary N) is 1. The predicted molar refractivity (Wildman–Crippen MR) is 80.3 cm³/mol. The number of nitrogens with zero attached hydrogens (tertiary/aromatic N) is 1. The highest BCUT2D eigenvalue weighted by Crippen LogP contribution is 2.28. The van der Waals surface area contributed by atoms with E-state index >= 15 is 0 Å². The monoisotopic (exact) mass is 324 g/mol. The summed E-state index contributed by atoms with van der Waals surface area (Å²) in [4.78, 5) is 4.29. The van der Waals surface area contributed by atoms with Crippen LogP contribution in [0.5, 0.6) is 0 Å². The molecule has 18 heavy (non-hydrogen) atoms. The van der Waals surface area contributed by atoms with E-state index < -0.39 is 0 Å². The van der Waals surface area contributed by atoms with E-state index in [1.165, 1.54) is 0 Å². The fourth-order valence-electron chi connectivity index (χ4n) is 1.65. The molecule has 1 N–H and O–H groups in total. The minimum atomic E-state index is 0.776. The minimum absolute atomic E-state index is 0.776. The first-order valence-electron chi connectivity index (χ1n) is 5.76. The highest BCUT2D eigenvalue weighted by molar-refractivity contribution is 9.10. The molecule has 2 aromatic rings. The van der Waals surface area contributed by atoms with Crippen molar-refractivity contribution in [3.63, 3.8) is 0 Å². The molecule has 2 rings (SSSR count). The van der Waals surface area contributed by atoms with Crippen molar-refractivity contribution in [3.8, 4) is 0 Å². The van der Waals surface area contributed by atoms with Gasteiger partial charge in [-0.25, -0.2) is 0 Å². The summed E-state index contributed by atoms with van der Waals surface area (Å²) in [5.41, 5.74) is 3.17. The number of halogens is 2. The van der Waals surface area contributed by atoms with Crippen molar-refractivity contribution in [2.24, 2.45) is 0 Å². The molecule has 0 amide bonds. The highest BCUT2D eigenvalue weighted by atomic mass is 79.9. The molecular formula is C14H14BrClN2. The molecule has 94 valence electrons. The number of pyridine rings is 1. The summed E-state index contributed by atoms with van der Waals surface area (Å²) in [5.74, 6) is 0. The van der Waals surface area contributed by atoms with Crippen molar-refractivity contribution < 1.29 is 0 Å². The van der Waals surface area contributed by atoms with E-state index in [2.05, 4.69) is 26.2 Å². The number of aromatic nitrogens is 1. The number of hydrogen-bond acceptors (Lipinski definition) is 2. The first kappa shape index (κ1) is 13.4. The van der Waals surface area contributed by atoms with Crippen LogP contribution in [-0.2, 0) is 6.42 Å². The molecule has 0 atom stereocenters. The summed E-state index contributed by atoms with van der Waals surface area (Å²) in [6.07, 6.45) is 2.70. The summed E-state index contributed by atoms with van der Waals surface area (Å²) in [6, 6.07) is 9.91. The Balaban J connectivity index is 1.97. The van der Waals surface area contributed by atoms with Gasteiger partial charge in [0.1, 0.15) is 0 Å². The molecule has 1 heterocycles. The molecule has 0 unspecified atom stereocenters. The van der Waals surface area contributed by atoms with Gasteiger partial charge in [0.2, 0.25) is 0 Å². The third-order valence-corrected chi connectivity index (χ3v) is 3.73. The van der Waals surface area contributed by atoms with Crippen LogP contribution in [0.3, 0.4) is 0 Å². The third kappa shape index (κ3) is 3.47. The Hall–Kier alpha value is -1.06. The average molecular weight is 326 g/mol. The SMILES string of the molecule is Cc1cc(Br)c(NCCc2ccccn2)cc1Cl. The van der Waals surface area contributed by atoms with Crippen LogP contribution in [0.25, 0.3) is 0 Å². The molecule has 1 aromatic carbocycles. The number of anilines is 1. The lowest BCUT2D eigenvalue weighted by atomic mass is 10.2. The van der Waals surface area contributed by atoms with Crippen molar-refractivity contribution in [2.45, 2.75) is 13.3 Å². The second kappa shape index (κ2) is 6.21. The number of aryl methyl sites for hydroxylation is 1. The van der Waals surface area contributed by atoms with Gasteiger partial charge in [-0.2, -0.15) is 0 Å². The Morgan fingerprint density at radius 2 is 2.17 bits per heavy atom. The van der Waals surface area contributed by atoms with Gasteiger partial charge < -0.3 is 5.32 Å². The van der Waals surface area contributed by atoms with E-state index in [1.54, 1.807) is 0 Å². The molecule has 0 aliphatic carbocycles. The van der Waals surface area contributed by atoms with E-state index in [9.17, 15) is 0 Å². The fraction of sp³-hybridized carbons (Fsp3) is 0.214. The summed E-state index contributed by atoms with van der Waals surface area (Å²) >= 11 is 9.64. The molecule has 0 fully saturated rings. The van der Waals surface area contributed by atoms with E-state index in [1.807, 2.05) is 43.5 Å². The van der Waals surface area contributed by atoms with Crippen LogP contribution in [0, 0.1) is 6.92 Å². The van der Waals surface area contributed by atoms with Crippen LogP contribution < -0.4 is 5.32 Å². The van der Waals surface area contributed by atoms with E-state index in [-0.39, 0.29) is 0 Å². The number of hydrogen-bond donors (Lipinski definition) is 1. The van der Waals surface area contributed by atoms with Crippen LogP contribution in [0.1, 0.15) is 11.3 Å². The van der Waals surface area contributed by atoms with Crippen molar-refractivity contribution in [1.29, 1.82) is 0 Å². The zero-order valence-corrected chi connectivity index (χ0v) is 12.4. The van der Waals surface area contributed by atoms with Gasteiger partial charge in [-0.1, -0.05) is 17.7 Å². The highest BCUT2D eigenvalue weighted by Gasteiger charge is 2.03. The Bertz CT molecular complexity index is 529. The maximum absolute atomic E-state index is 6.11. The van der Waals surface area contributed by atoms with Crippen molar-refractivity contribution >= 4 is 33.2 Å². The molecule has 1 aromatic heterocycles. The van der Waals surface area contributed by atoms with Crippen molar-refractivity contribution in [3.05, 3.63) is 57.3 Å². The lowest BCUT2D eigenvalue weighted by Crippen LogP contribution is -2.06. The van der Waals surface area contributed by atoms with Crippen LogP contribution in [0.15, 0.2) is 41.0 Å². The third-order valence-electron chi connectivity index (χ3n) is 2.67. The second-order valence-electron chi connectivity index (χ2n) is 4.08. The second-order valence-corrected chi connectivity index (χ2v) is 5.34. The predicted octanol–water partition coefficient (Wildman–Crippen LogP) is 4.46. The molecule has 0 saturated carbocycles. The van der Waals surface area contributed by atoms with Gasteiger partial charge in [0.25, 0.3) is 0 Å². The zero-order valence-electron chi connectivity index (χ0n) is 10.1. The molecule has 4 heteroatoms. The van der Waals surface area contributed by atoms with Gasteiger partial charge in [-0.05, 0) is 52.7 Å². The van der Waals surface area contributed by atoms with Crippen LogP contribution in [0.2, 0.25) is 5.02 Å². The molecular weight excluding hydrogens is 312 g/mol. The maximum atomic E-state index is 6.11. The fourth-order valence-corrected chi connectivity index (χ4v) is 2.41. The van der Waals surface area contributed by atoms with Gasteiger partial charge in [-0.15, -0.1) is 0 Å². The van der Waals surface area contributed by atoms with Crippen LogP contribution in [0.4, 0.5) is 5.69 Å². The van der Waals surface area contributed by atoms with Gasteiger partial charge in [0.05, 0.1) is 0 Å². The van der Waals surface area contributed by atoms with Crippen LogP contribution in [-0.4, -0.2) is 11.5 Å². The summed E-state index contributed by atoms with van der Waals surface area (Å²) in [5, 5.41) is 4.13. The Morgan fingerprint density at radius 3 is 2.89 bits per heavy atom. The first-order valence-corrected chi connectivity index (χ1v) is 6.93. The Labute approximate surface area is 121 Å².